The maximum Gasteiger partial charge on any atom is 0.177 e. The van der Waals surface area contributed by atoms with Gasteiger partial charge >= 0.3 is 0 Å². The molecule has 0 amide bonds. The standard InChI is InChI=1S/C13H21N5/c1-4-18(3)8-10(2)15-7-11-5-6-14-13-12(11)16-9-17-13/h5-6,9-10,15H,4,7-8H2,1-3H3,(H,14,16,17). The van der Waals surface area contributed by atoms with Gasteiger partial charge in [0.25, 0.3) is 0 Å². The van der Waals surface area contributed by atoms with Crippen LogP contribution in [-0.4, -0.2) is 46.0 Å². The Morgan fingerprint density at radius 2 is 2.28 bits per heavy atom. The molecule has 0 saturated heterocycles. The van der Waals surface area contributed by atoms with Gasteiger partial charge in [-0.15, -0.1) is 0 Å². The van der Waals surface area contributed by atoms with Gasteiger partial charge in [0.05, 0.1) is 11.8 Å². The van der Waals surface area contributed by atoms with Crippen LogP contribution in [0.1, 0.15) is 19.4 Å². The van der Waals surface area contributed by atoms with Crippen molar-refractivity contribution in [3.8, 4) is 0 Å². The molecule has 5 nitrogen and oxygen atoms in total. The van der Waals surface area contributed by atoms with Crippen molar-refractivity contribution >= 4 is 11.2 Å². The van der Waals surface area contributed by atoms with E-state index in [1.807, 2.05) is 12.3 Å². The van der Waals surface area contributed by atoms with E-state index in [0.29, 0.717) is 6.04 Å². The third kappa shape index (κ3) is 3.05. The molecule has 0 saturated carbocycles. The summed E-state index contributed by atoms with van der Waals surface area (Å²) < 4.78 is 0. The zero-order valence-corrected chi connectivity index (χ0v) is 11.3. The Morgan fingerprint density at radius 3 is 3.06 bits per heavy atom. The molecule has 0 aliphatic rings. The minimum absolute atomic E-state index is 0.459. The molecule has 5 heteroatoms. The van der Waals surface area contributed by atoms with Crippen molar-refractivity contribution in [1.29, 1.82) is 0 Å². The summed E-state index contributed by atoms with van der Waals surface area (Å²) in [6.07, 6.45) is 3.50. The fraction of sp³-hybridized carbons (Fsp3) is 0.538. The minimum Gasteiger partial charge on any atom is -0.343 e. The largest absolute Gasteiger partial charge is 0.343 e. The van der Waals surface area contributed by atoms with Crippen molar-refractivity contribution in [2.75, 3.05) is 20.1 Å². The van der Waals surface area contributed by atoms with Gasteiger partial charge in [-0.1, -0.05) is 6.92 Å². The van der Waals surface area contributed by atoms with Crippen molar-refractivity contribution in [3.63, 3.8) is 0 Å². The van der Waals surface area contributed by atoms with Gasteiger partial charge in [-0.3, -0.25) is 0 Å². The number of hydrogen-bond acceptors (Lipinski definition) is 4. The van der Waals surface area contributed by atoms with Crippen LogP contribution in [0, 0.1) is 0 Å². The average molecular weight is 247 g/mol. The summed E-state index contributed by atoms with van der Waals surface area (Å²) in [5, 5.41) is 3.53. The number of aromatic amines is 1. The Kier molecular flexibility index (Phi) is 4.28. The van der Waals surface area contributed by atoms with Crippen molar-refractivity contribution in [2.24, 2.45) is 0 Å². The third-order valence-corrected chi connectivity index (χ3v) is 3.18. The first kappa shape index (κ1) is 13.0. The molecule has 2 heterocycles. The molecule has 1 atom stereocenters. The number of hydrogen-bond donors (Lipinski definition) is 2. The number of nitrogens with zero attached hydrogens (tertiary/aromatic N) is 3. The van der Waals surface area contributed by atoms with Crippen molar-refractivity contribution in [2.45, 2.75) is 26.4 Å². The average Bonchev–Trinajstić information content (AvgIpc) is 2.84. The first-order chi connectivity index (χ1) is 8.70. The number of rotatable bonds is 6. The number of pyridine rings is 1. The van der Waals surface area contributed by atoms with E-state index in [1.54, 1.807) is 6.33 Å². The molecule has 2 aromatic rings. The Bertz CT molecular complexity index is 493. The second kappa shape index (κ2) is 5.93. The SMILES string of the molecule is CCN(C)CC(C)NCc1ccnc2nc[nH]c12. The third-order valence-electron chi connectivity index (χ3n) is 3.18. The predicted molar refractivity (Wildman–Crippen MR) is 73.4 cm³/mol. The number of aromatic nitrogens is 3. The lowest BCUT2D eigenvalue weighted by molar-refractivity contribution is 0.309. The Hall–Kier alpha value is -1.46. The molecule has 0 spiro atoms. The van der Waals surface area contributed by atoms with E-state index in [2.05, 4.69) is 46.1 Å². The molecule has 98 valence electrons. The topological polar surface area (TPSA) is 56.8 Å². The molecule has 2 rings (SSSR count). The molecule has 0 aliphatic heterocycles. The van der Waals surface area contributed by atoms with E-state index in [4.69, 9.17) is 0 Å². The van der Waals surface area contributed by atoms with Crippen LogP contribution in [0.25, 0.3) is 11.2 Å². The number of imidazole rings is 1. The fourth-order valence-electron chi connectivity index (χ4n) is 2.00. The summed E-state index contributed by atoms with van der Waals surface area (Å²) in [4.78, 5) is 13.8. The fourth-order valence-corrected chi connectivity index (χ4v) is 2.00. The molecule has 2 aromatic heterocycles. The van der Waals surface area contributed by atoms with Gasteiger partial charge in [0.15, 0.2) is 5.65 Å². The predicted octanol–water partition coefficient (Wildman–Crippen LogP) is 1.39. The molecule has 0 aromatic carbocycles. The van der Waals surface area contributed by atoms with E-state index >= 15 is 0 Å². The van der Waals surface area contributed by atoms with Crippen LogP contribution < -0.4 is 5.32 Å². The first-order valence-electron chi connectivity index (χ1n) is 6.39. The van der Waals surface area contributed by atoms with Crippen molar-refractivity contribution in [1.82, 2.24) is 25.2 Å². The molecule has 0 aliphatic carbocycles. The molecule has 1 unspecified atom stereocenters. The molecule has 0 fully saturated rings. The highest BCUT2D eigenvalue weighted by atomic mass is 15.1. The van der Waals surface area contributed by atoms with Gasteiger partial charge < -0.3 is 15.2 Å². The molecule has 0 radical (unpaired) electrons. The maximum atomic E-state index is 4.21. The molecule has 2 N–H and O–H groups in total. The molecular weight excluding hydrogens is 226 g/mol. The van der Waals surface area contributed by atoms with Crippen LogP contribution in [0.15, 0.2) is 18.6 Å². The summed E-state index contributed by atoms with van der Waals surface area (Å²) in [7, 11) is 2.14. The molecular formula is C13H21N5. The lowest BCUT2D eigenvalue weighted by atomic mass is 10.2. The number of likely N-dealkylation sites (N-methyl/N-ethyl adjacent to an activating group) is 1. The Balaban J connectivity index is 1.95. The number of H-pyrrole nitrogens is 1. The lowest BCUT2D eigenvalue weighted by Gasteiger charge is -2.20. The second-order valence-electron chi connectivity index (χ2n) is 4.71. The number of fused-ring (bicyclic) bond motifs is 1. The Labute approximate surface area is 108 Å². The van der Waals surface area contributed by atoms with Crippen LogP contribution in [0.4, 0.5) is 0 Å². The van der Waals surface area contributed by atoms with E-state index in [9.17, 15) is 0 Å². The van der Waals surface area contributed by atoms with Gasteiger partial charge in [0.1, 0.15) is 0 Å². The van der Waals surface area contributed by atoms with Crippen LogP contribution in [0.5, 0.6) is 0 Å². The maximum absolute atomic E-state index is 4.21. The zero-order chi connectivity index (χ0) is 13.0. The van der Waals surface area contributed by atoms with Crippen LogP contribution in [-0.2, 0) is 6.54 Å². The van der Waals surface area contributed by atoms with E-state index in [-0.39, 0.29) is 0 Å². The van der Waals surface area contributed by atoms with Crippen molar-refractivity contribution in [3.05, 3.63) is 24.2 Å². The van der Waals surface area contributed by atoms with Crippen LogP contribution in [0.2, 0.25) is 0 Å². The summed E-state index contributed by atoms with van der Waals surface area (Å²) in [6, 6.07) is 2.49. The highest BCUT2D eigenvalue weighted by molar-refractivity contribution is 5.73. The normalized spacial score (nSPS) is 13.3. The number of nitrogens with one attached hydrogen (secondary N) is 2. The molecule has 0 bridgehead atoms. The quantitative estimate of drug-likeness (QED) is 0.810. The Morgan fingerprint density at radius 1 is 1.44 bits per heavy atom. The van der Waals surface area contributed by atoms with E-state index < -0.39 is 0 Å². The van der Waals surface area contributed by atoms with E-state index in [0.717, 1.165) is 30.8 Å². The van der Waals surface area contributed by atoms with Crippen LogP contribution in [0.3, 0.4) is 0 Å². The van der Waals surface area contributed by atoms with Crippen molar-refractivity contribution < 1.29 is 0 Å². The van der Waals surface area contributed by atoms with Gasteiger partial charge in [0, 0.05) is 25.3 Å². The minimum atomic E-state index is 0.459. The van der Waals surface area contributed by atoms with Gasteiger partial charge in [0.2, 0.25) is 0 Å². The first-order valence-corrected chi connectivity index (χ1v) is 6.39. The van der Waals surface area contributed by atoms with Gasteiger partial charge in [-0.05, 0) is 32.1 Å². The summed E-state index contributed by atoms with van der Waals surface area (Å²) in [6.45, 7) is 7.33. The summed E-state index contributed by atoms with van der Waals surface area (Å²) in [5.41, 5.74) is 3.03. The van der Waals surface area contributed by atoms with E-state index in [1.165, 1.54) is 5.56 Å². The zero-order valence-electron chi connectivity index (χ0n) is 11.3. The highest BCUT2D eigenvalue weighted by Crippen LogP contribution is 2.11. The monoisotopic (exact) mass is 247 g/mol. The van der Waals surface area contributed by atoms with Gasteiger partial charge in [-0.25, -0.2) is 9.97 Å². The molecule has 18 heavy (non-hydrogen) atoms. The van der Waals surface area contributed by atoms with Crippen LogP contribution >= 0.6 is 0 Å². The van der Waals surface area contributed by atoms with Gasteiger partial charge in [-0.2, -0.15) is 0 Å². The highest BCUT2D eigenvalue weighted by Gasteiger charge is 2.07. The summed E-state index contributed by atoms with van der Waals surface area (Å²) >= 11 is 0. The lowest BCUT2D eigenvalue weighted by Crippen LogP contribution is -2.36. The second-order valence-corrected chi connectivity index (χ2v) is 4.71. The summed E-state index contributed by atoms with van der Waals surface area (Å²) in [5.74, 6) is 0. The smallest absolute Gasteiger partial charge is 0.177 e.